The van der Waals surface area contributed by atoms with Crippen LogP contribution in [0.15, 0.2) is 36.4 Å². The molecule has 0 aliphatic carbocycles. The highest BCUT2D eigenvalue weighted by molar-refractivity contribution is 5.43. The molecule has 4 heteroatoms. The number of nitrogens with zero attached hydrogens (tertiary/aromatic N) is 1. The maximum Gasteiger partial charge on any atom is 0.224 e. The molecule has 2 rings (SSSR count). The van der Waals surface area contributed by atoms with Crippen molar-refractivity contribution in [3.8, 4) is 17.4 Å². The van der Waals surface area contributed by atoms with E-state index < -0.39 is 0 Å². The van der Waals surface area contributed by atoms with Crippen molar-refractivity contribution in [1.29, 1.82) is 0 Å². The minimum Gasteiger partial charge on any atom is -0.490 e. The Morgan fingerprint density at radius 2 is 1.84 bits per heavy atom. The monoisotopic (exact) mass is 258 g/mol. The van der Waals surface area contributed by atoms with Gasteiger partial charge >= 0.3 is 0 Å². The molecule has 0 saturated heterocycles. The Morgan fingerprint density at radius 3 is 2.53 bits per heavy atom. The lowest BCUT2D eigenvalue weighted by Crippen LogP contribution is -2.03. The molecule has 0 unspecified atom stereocenters. The van der Waals surface area contributed by atoms with E-state index in [0.717, 1.165) is 11.3 Å². The SMILES string of the molecule is CCOc1ccccc1Oc1nc(C)ccc1CN. The zero-order valence-electron chi connectivity index (χ0n) is 11.2. The van der Waals surface area contributed by atoms with Crippen LogP contribution in [0, 0.1) is 6.92 Å². The fraction of sp³-hybridized carbons (Fsp3) is 0.267. The molecule has 0 atom stereocenters. The summed E-state index contributed by atoms with van der Waals surface area (Å²) in [5.41, 5.74) is 7.46. The minimum absolute atomic E-state index is 0.388. The summed E-state index contributed by atoms with van der Waals surface area (Å²) in [6, 6.07) is 11.4. The quantitative estimate of drug-likeness (QED) is 0.895. The van der Waals surface area contributed by atoms with Crippen molar-refractivity contribution >= 4 is 0 Å². The van der Waals surface area contributed by atoms with Gasteiger partial charge in [0, 0.05) is 17.8 Å². The Balaban J connectivity index is 2.33. The summed E-state index contributed by atoms with van der Waals surface area (Å²) in [5, 5.41) is 0. The number of hydrogen-bond acceptors (Lipinski definition) is 4. The van der Waals surface area contributed by atoms with Crippen LogP contribution in [0.2, 0.25) is 0 Å². The highest BCUT2D eigenvalue weighted by Crippen LogP contribution is 2.31. The minimum atomic E-state index is 0.388. The van der Waals surface area contributed by atoms with Gasteiger partial charge in [0.2, 0.25) is 5.88 Å². The van der Waals surface area contributed by atoms with Crippen molar-refractivity contribution in [3.05, 3.63) is 47.7 Å². The first-order valence-corrected chi connectivity index (χ1v) is 6.31. The molecule has 0 amide bonds. The predicted molar refractivity (Wildman–Crippen MR) is 74.6 cm³/mol. The number of aryl methyl sites for hydroxylation is 1. The molecule has 0 aliphatic rings. The molecule has 2 aromatic rings. The van der Waals surface area contributed by atoms with Crippen LogP contribution < -0.4 is 15.2 Å². The van der Waals surface area contributed by atoms with Crippen molar-refractivity contribution < 1.29 is 9.47 Å². The lowest BCUT2D eigenvalue weighted by molar-refractivity contribution is 0.319. The topological polar surface area (TPSA) is 57.4 Å². The van der Waals surface area contributed by atoms with Crippen molar-refractivity contribution in [3.63, 3.8) is 0 Å². The summed E-state index contributed by atoms with van der Waals surface area (Å²) in [6.45, 7) is 4.83. The zero-order valence-corrected chi connectivity index (χ0v) is 11.2. The van der Waals surface area contributed by atoms with E-state index in [2.05, 4.69) is 4.98 Å². The summed E-state index contributed by atoms with van der Waals surface area (Å²) in [5.74, 6) is 1.89. The number of aromatic nitrogens is 1. The molecular weight excluding hydrogens is 240 g/mol. The van der Waals surface area contributed by atoms with Crippen LogP contribution >= 0.6 is 0 Å². The number of nitrogens with two attached hydrogens (primary N) is 1. The van der Waals surface area contributed by atoms with E-state index in [1.54, 1.807) is 0 Å². The van der Waals surface area contributed by atoms with Gasteiger partial charge in [0.15, 0.2) is 11.5 Å². The number of pyridine rings is 1. The second-order valence-corrected chi connectivity index (χ2v) is 4.10. The largest absolute Gasteiger partial charge is 0.490 e. The van der Waals surface area contributed by atoms with Gasteiger partial charge in [-0.3, -0.25) is 0 Å². The van der Waals surface area contributed by atoms with Crippen LogP contribution in [0.4, 0.5) is 0 Å². The number of para-hydroxylation sites is 2. The normalized spacial score (nSPS) is 10.3. The van der Waals surface area contributed by atoms with Crippen LogP contribution in [0.25, 0.3) is 0 Å². The first kappa shape index (κ1) is 13.4. The lowest BCUT2D eigenvalue weighted by atomic mass is 10.2. The molecule has 0 aliphatic heterocycles. The number of benzene rings is 1. The van der Waals surface area contributed by atoms with Gasteiger partial charge < -0.3 is 15.2 Å². The van der Waals surface area contributed by atoms with E-state index in [-0.39, 0.29) is 0 Å². The second-order valence-electron chi connectivity index (χ2n) is 4.10. The summed E-state index contributed by atoms with van der Waals surface area (Å²) >= 11 is 0. The molecule has 100 valence electrons. The fourth-order valence-electron chi connectivity index (χ4n) is 1.72. The smallest absolute Gasteiger partial charge is 0.224 e. The molecule has 1 aromatic carbocycles. The number of rotatable bonds is 5. The summed E-state index contributed by atoms with van der Waals surface area (Å²) < 4.78 is 11.4. The van der Waals surface area contributed by atoms with Crippen LogP contribution in [0.3, 0.4) is 0 Å². The second kappa shape index (κ2) is 6.20. The van der Waals surface area contributed by atoms with E-state index >= 15 is 0 Å². The van der Waals surface area contributed by atoms with Crippen LogP contribution in [-0.4, -0.2) is 11.6 Å². The van der Waals surface area contributed by atoms with E-state index in [9.17, 15) is 0 Å². The highest BCUT2D eigenvalue weighted by atomic mass is 16.5. The molecule has 1 heterocycles. The van der Waals surface area contributed by atoms with Gasteiger partial charge in [0.1, 0.15) is 0 Å². The molecular formula is C15H18N2O2. The van der Waals surface area contributed by atoms with Crippen LogP contribution in [0.5, 0.6) is 17.4 Å². The van der Waals surface area contributed by atoms with E-state index in [1.807, 2.05) is 50.2 Å². The molecule has 0 saturated carbocycles. The predicted octanol–water partition coefficient (Wildman–Crippen LogP) is 3.04. The van der Waals surface area contributed by atoms with Crippen LogP contribution in [-0.2, 0) is 6.54 Å². The van der Waals surface area contributed by atoms with Gasteiger partial charge in [-0.1, -0.05) is 18.2 Å². The Hall–Kier alpha value is -2.07. The third kappa shape index (κ3) is 3.23. The van der Waals surface area contributed by atoms with Crippen molar-refractivity contribution in [2.75, 3.05) is 6.61 Å². The molecule has 0 spiro atoms. The molecule has 0 radical (unpaired) electrons. The maximum absolute atomic E-state index is 5.85. The summed E-state index contributed by atoms with van der Waals surface area (Å²) in [4.78, 5) is 4.38. The third-order valence-electron chi connectivity index (χ3n) is 2.65. The van der Waals surface area contributed by atoms with E-state index in [0.29, 0.717) is 30.5 Å². The highest BCUT2D eigenvalue weighted by Gasteiger charge is 2.09. The van der Waals surface area contributed by atoms with Gasteiger partial charge in [-0.15, -0.1) is 0 Å². The lowest BCUT2D eigenvalue weighted by Gasteiger charge is -2.13. The van der Waals surface area contributed by atoms with Gasteiger partial charge in [-0.25, -0.2) is 4.98 Å². The average molecular weight is 258 g/mol. The average Bonchev–Trinajstić information content (AvgIpc) is 2.42. The summed E-state index contributed by atoms with van der Waals surface area (Å²) in [7, 11) is 0. The van der Waals surface area contributed by atoms with Crippen LogP contribution in [0.1, 0.15) is 18.2 Å². The molecule has 1 aromatic heterocycles. The van der Waals surface area contributed by atoms with Crippen molar-refractivity contribution in [1.82, 2.24) is 4.98 Å². The van der Waals surface area contributed by atoms with E-state index in [4.69, 9.17) is 15.2 Å². The molecule has 2 N–H and O–H groups in total. The molecule has 19 heavy (non-hydrogen) atoms. The molecule has 4 nitrogen and oxygen atoms in total. The van der Waals surface area contributed by atoms with E-state index in [1.165, 1.54) is 0 Å². The first-order valence-electron chi connectivity index (χ1n) is 6.31. The van der Waals surface area contributed by atoms with Gasteiger partial charge in [0.25, 0.3) is 0 Å². The molecule has 0 bridgehead atoms. The Morgan fingerprint density at radius 1 is 1.11 bits per heavy atom. The maximum atomic E-state index is 5.85. The zero-order chi connectivity index (χ0) is 13.7. The standard InChI is InChI=1S/C15H18N2O2/c1-3-18-13-6-4-5-7-14(13)19-15-12(10-16)9-8-11(2)17-15/h4-9H,3,10,16H2,1-2H3. The van der Waals surface area contributed by atoms with Crippen molar-refractivity contribution in [2.45, 2.75) is 20.4 Å². The summed E-state index contributed by atoms with van der Waals surface area (Å²) in [6.07, 6.45) is 0. The van der Waals surface area contributed by atoms with Gasteiger partial charge in [-0.2, -0.15) is 0 Å². The first-order chi connectivity index (χ1) is 9.24. The Kier molecular flexibility index (Phi) is 4.36. The van der Waals surface area contributed by atoms with Gasteiger partial charge in [-0.05, 0) is 32.0 Å². The number of hydrogen-bond donors (Lipinski definition) is 1. The molecule has 0 fully saturated rings. The number of ether oxygens (including phenoxy) is 2. The third-order valence-corrected chi connectivity index (χ3v) is 2.65. The Bertz CT molecular complexity index is 556. The van der Waals surface area contributed by atoms with Crippen molar-refractivity contribution in [2.24, 2.45) is 5.73 Å². The Labute approximate surface area is 113 Å². The fourth-order valence-corrected chi connectivity index (χ4v) is 1.72. The van der Waals surface area contributed by atoms with Gasteiger partial charge in [0.05, 0.1) is 6.61 Å².